The Morgan fingerprint density at radius 3 is 2.22 bits per heavy atom. The monoisotopic (exact) mass is 320 g/mol. The van der Waals surface area contributed by atoms with Crippen LogP contribution >= 0.6 is 0 Å². The lowest BCUT2D eigenvalue weighted by Crippen LogP contribution is -2.21. The fraction of sp³-hybridized carbons (Fsp3) is 0.125. The van der Waals surface area contributed by atoms with Crippen LogP contribution in [0.25, 0.3) is 0 Å². The van der Waals surface area contributed by atoms with Crippen LogP contribution in [-0.4, -0.2) is 18.9 Å². The third kappa shape index (κ3) is 4.77. The highest BCUT2D eigenvalue weighted by Crippen LogP contribution is 2.17. The van der Waals surface area contributed by atoms with Crippen molar-refractivity contribution in [3.05, 3.63) is 54.1 Å². The highest BCUT2D eigenvalue weighted by Gasteiger charge is 2.11. The van der Waals surface area contributed by atoms with Gasteiger partial charge in [-0.3, -0.25) is 9.59 Å². The predicted octanol–water partition coefficient (Wildman–Crippen LogP) is 2.94. The number of hydrogen-bond donors (Lipinski definition) is 2. The third-order valence-corrected chi connectivity index (χ3v) is 2.88. The molecular formula is C16H14F2N2O3. The van der Waals surface area contributed by atoms with E-state index in [9.17, 15) is 18.4 Å². The molecule has 0 heterocycles. The predicted molar refractivity (Wildman–Crippen MR) is 81.2 cm³/mol. The molecule has 0 saturated carbocycles. The maximum absolute atomic E-state index is 13.0. The first-order valence-electron chi connectivity index (χ1n) is 6.67. The molecule has 2 amide bonds. The van der Waals surface area contributed by atoms with E-state index < -0.39 is 29.9 Å². The second-order valence-corrected chi connectivity index (χ2v) is 4.63. The average Bonchev–Trinajstić information content (AvgIpc) is 2.51. The Balaban J connectivity index is 1.91. The van der Waals surface area contributed by atoms with Crippen LogP contribution in [-0.2, 0) is 9.59 Å². The molecule has 0 radical (unpaired) electrons. The van der Waals surface area contributed by atoms with Gasteiger partial charge in [-0.1, -0.05) is 6.07 Å². The molecule has 2 N–H and O–H groups in total. The van der Waals surface area contributed by atoms with E-state index >= 15 is 0 Å². The maximum Gasteiger partial charge on any atom is 0.233 e. The van der Waals surface area contributed by atoms with E-state index in [2.05, 4.69) is 10.6 Å². The number of benzene rings is 2. The summed E-state index contributed by atoms with van der Waals surface area (Å²) in [6, 6.07) is 9.59. The van der Waals surface area contributed by atoms with Gasteiger partial charge in [-0.05, 0) is 24.3 Å². The van der Waals surface area contributed by atoms with Gasteiger partial charge in [-0.2, -0.15) is 0 Å². The summed E-state index contributed by atoms with van der Waals surface area (Å²) in [7, 11) is 1.50. The third-order valence-electron chi connectivity index (χ3n) is 2.88. The summed E-state index contributed by atoms with van der Waals surface area (Å²) in [5, 5.41) is 4.86. The van der Waals surface area contributed by atoms with Crippen LogP contribution in [0.15, 0.2) is 42.5 Å². The molecule has 120 valence electrons. The number of halogens is 2. The largest absolute Gasteiger partial charge is 0.497 e. The second kappa shape index (κ2) is 7.35. The Kier molecular flexibility index (Phi) is 5.24. The highest BCUT2D eigenvalue weighted by atomic mass is 19.2. The minimum Gasteiger partial charge on any atom is -0.497 e. The maximum atomic E-state index is 13.0. The molecular weight excluding hydrogens is 306 g/mol. The summed E-state index contributed by atoms with van der Waals surface area (Å²) in [5.41, 5.74) is 0.554. The van der Waals surface area contributed by atoms with E-state index in [-0.39, 0.29) is 5.69 Å². The fourth-order valence-corrected chi connectivity index (χ4v) is 1.83. The number of nitrogens with one attached hydrogen (secondary N) is 2. The molecule has 2 rings (SSSR count). The summed E-state index contributed by atoms with van der Waals surface area (Å²) >= 11 is 0. The van der Waals surface area contributed by atoms with E-state index in [1.54, 1.807) is 24.3 Å². The molecule has 2 aromatic rings. The van der Waals surface area contributed by atoms with Gasteiger partial charge in [0.05, 0.1) is 7.11 Å². The Morgan fingerprint density at radius 1 is 0.957 bits per heavy atom. The molecule has 0 unspecified atom stereocenters. The van der Waals surface area contributed by atoms with Crippen LogP contribution < -0.4 is 15.4 Å². The van der Waals surface area contributed by atoms with Crippen molar-refractivity contribution < 1.29 is 23.1 Å². The molecule has 0 fully saturated rings. The van der Waals surface area contributed by atoms with Gasteiger partial charge in [0, 0.05) is 23.5 Å². The molecule has 0 spiro atoms. The summed E-state index contributed by atoms with van der Waals surface area (Å²) < 4.78 is 30.8. The van der Waals surface area contributed by atoms with Gasteiger partial charge in [0.2, 0.25) is 11.8 Å². The van der Waals surface area contributed by atoms with Crippen LogP contribution in [0.2, 0.25) is 0 Å². The summed E-state index contributed by atoms with van der Waals surface area (Å²) in [5.74, 6) is -2.72. The van der Waals surface area contributed by atoms with Crippen molar-refractivity contribution >= 4 is 23.2 Å². The van der Waals surface area contributed by atoms with Crippen LogP contribution in [0.3, 0.4) is 0 Å². The van der Waals surface area contributed by atoms with E-state index in [0.717, 1.165) is 12.1 Å². The first-order valence-corrected chi connectivity index (χ1v) is 6.67. The Bertz CT molecular complexity index is 735. The van der Waals surface area contributed by atoms with Gasteiger partial charge in [-0.15, -0.1) is 0 Å². The topological polar surface area (TPSA) is 67.4 Å². The molecule has 0 aliphatic carbocycles. The highest BCUT2D eigenvalue weighted by molar-refractivity contribution is 6.08. The van der Waals surface area contributed by atoms with Crippen LogP contribution in [0.1, 0.15) is 6.42 Å². The van der Waals surface area contributed by atoms with Crippen molar-refractivity contribution in [1.82, 2.24) is 0 Å². The summed E-state index contributed by atoms with van der Waals surface area (Å²) in [4.78, 5) is 23.5. The lowest BCUT2D eigenvalue weighted by molar-refractivity contribution is -0.123. The number of methoxy groups -OCH3 is 1. The lowest BCUT2D eigenvalue weighted by Gasteiger charge is -2.08. The SMILES string of the molecule is COc1cccc(NC(=O)CC(=O)Nc2ccc(F)c(F)c2)c1. The number of amides is 2. The number of hydrogen-bond acceptors (Lipinski definition) is 3. The fourth-order valence-electron chi connectivity index (χ4n) is 1.83. The van der Waals surface area contributed by atoms with E-state index in [4.69, 9.17) is 4.74 Å². The quantitative estimate of drug-likeness (QED) is 0.832. The van der Waals surface area contributed by atoms with Crippen LogP contribution in [0.4, 0.5) is 20.2 Å². The first-order chi connectivity index (χ1) is 11.0. The molecule has 5 nitrogen and oxygen atoms in total. The van der Waals surface area contributed by atoms with Gasteiger partial charge in [0.1, 0.15) is 12.2 Å². The number of carbonyl (C=O) groups is 2. The summed E-state index contributed by atoms with van der Waals surface area (Å²) in [6.45, 7) is 0. The molecule has 0 atom stereocenters. The van der Waals surface area contributed by atoms with Crippen molar-refractivity contribution in [2.24, 2.45) is 0 Å². The molecule has 7 heteroatoms. The van der Waals surface area contributed by atoms with Gasteiger partial charge >= 0.3 is 0 Å². The smallest absolute Gasteiger partial charge is 0.233 e. The van der Waals surface area contributed by atoms with E-state index in [1.807, 2.05) is 0 Å². The molecule has 0 aliphatic rings. The molecule has 0 aromatic heterocycles. The zero-order valence-corrected chi connectivity index (χ0v) is 12.2. The first kappa shape index (κ1) is 16.4. The van der Waals surface area contributed by atoms with Crippen LogP contribution in [0, 0.1) is 11.6 Å². The van der Waals surface area contributed by atoms with Crippen LogP contribution in [0.5, 0.6) is 5.75 Å². The van der Waals surface area contributed by atoms with Gasteiger partial charge in [0.25, 0.3) is 0 Å². The van der Waals surface area contributed by atoms with Gasteiger partial charge < -0.3 is 15.4 Å². The van der Waals surface area contributed by atoms with E-state index in [0.29, 0.717) is 11.4 Å². The number of carbonyl (C=O) groups excluding carboxylic acids is 2. The summed E-state index contributed by atoms with van der Waals surface area (Å²) in [6.07, 6.45) is -0.462. The number of anilines is 2. The molecule has 2 aromatic carbocycles. The van der Waals surface area contributed by atoms with Crippen molar-refractivity contribution in [3.8, 4) is 5.75 Å². The van der Waals surface area contributed by atoms with Crippen molar-refractivity contribution in [3.63, 3.8) is 0 Å². The lowest BCUT2D eigenvalue weighted by atomic mass is 10.2. The zero-order chi connectivity index (χ0) is 16.8. The average molecular weight is 320 g/mol. The Labute approximate surface area is 131 Å². The standard InChI is InChI=1S/C16H14F2N2O3/c1-23-12-4-2-3-10(7-12)19-15(21)9-16(22)20-11-5-6-13(17)14(18)8-11/h2-8H,9H2,1H3,(H,19,21)(H,20,22). The minimum absolute atomic E-state index is 0.0723. The number of ether oxygens (including phenoxy) is 1. The molecule has 0 aliphatic heterocycles. The minimum atomic E-state index is -1.08. The second-order valence-electron chi connectivity index (χ2n) is 4.63. The van der Waals surface area contributed by atoms with E-state index in [1.165, 1.54) is 13.2 Å². The van der Waals surface area contributed by atoms with Gasteiger partial charge in [0.15, 0.2) is 11.6 Å². The van der Waals surface area contributed by atoms with Crippen molar-refractivity contribution in [2.45, 2.75) is 6.42 Å². The Morgan fingerprint density at radius 2 is 1.61 bits per heavy atom. The van der Waals surface area contributed by atoms with Crippen molar-refractivity contribution in [2.75, 3.05) is 17.7 Å². The molecule has 0 bridgehead atoms. The zero-order valence-electron chi connectivity index (χ0n) is 12.2. The Hall–Kier alpha value is -2.96. The molecule has 0 saturated heterocycles. The van der Waals surface area contributed by atoms with Crippen molar-refractivity contribution in [1.29, 1.82) is 0 Å². The molecule has 23 heavy (non-hydrogen) atoms. The number of rotatable bonds is 5. The van der Waals surface area contributed by atoms with Gasteiger partial charge in [-0.25, -0.2) is 8.78 Å². The normalized spacial score (nSPS) is 10.0.